The van der Waals surface area contributed by atoms with E-state index in [1.807, 2.05) is 0 Å². The van der Waals surface area contributed by atoms with Crippen LogP contribution < -0.4 is 0 Å². The van der Waals surface area contributed by atoms with Crippen LogP contribution in [0.4, 0.5) is 13.2 Å². The van der Waals surface area contributed by atoms with E-state index in [-0.39, 0.29) is 11.1 Å². The highest BCUT2D eigenvalue weighted by molar-refractivity contribution is 5.88. The summed E-state index contributed by atoms with van der Waals surface area (Å²) in [6, 6.07) is 4.94. The fraction of sp³-hybridized carbons (Fsp3) is 0. The molecule has 2 aromatic carbocycles. The van der Waals surface area contributed by atoms with Gasteiger partial charge in [-0.1, -0.05) is 12.1 Å². The standard InChI is InChI=1S/C13H7F3O3/c14-9-5-6(1-4-10(9)17)7-2-3-8(13(18)19)12(16)11(7)15/h1-5,17H,(H,18,19). The number of carboxylic acids is 1. The highest BCUT2D eigenvalue weighted by Crippen LogP contribution is 2.29. The largest absolute Gasteiger partial charge is 0.505 e. The summed E-state index contributed by atoms with van der Waals surface area (Å²) >= 11 is 0. The van der Waals surface area contributed by atoms with Crippen molar-refractivity contribution in [3.8, 4) is 16.9 Å². The molecule has 19 heavy (non-hydrogen) atoms. The number of aromatic hydroxyl groups is 1. The minimum atomic E-state index is -1.60. The van der Waals surface area contributed by atoms with Crippen LogP contribution in [0.2, 0.25) is 0 Å². The van der Waals surface area contributed by atoms with Crippen LogP contribution in [0.1, 0.15) is 10.4 Å². The summed E-state index contributed by atoms with van der Waals surface area (Å²) < 4.78 is 40.3. The minimum Gasteiger partial charge on any atom is -0.505 e. The third-order valence-electron chi connectivity index (χ3n) is 2.57. The van der Waals surface area contributed by atoms with E-state index < -0.39 is 34.7 Å². The molecule has 98 valence electrons. The monoisotopic (exact) mass is 268 g/mol. The molecule has 0 aromatic heterocycles. The number of rotatable bonds is 2. The van der Waals surface area contributed by atoms with E-state index in [1.54, 1.807) is 0 Å². The first-order valence-corrected chi connectivity index (χ1v) is 5.12. The average Bonchev–Trinajstić information content (AvgIpc) is 2.36. The van der Waals surface area contributed by atoms with Crippen LogP contribution in [0.25, 0.3) is 11.1 Å². The number of halogens is 3. The van der Waals surface area contributed by atoms with E-state index in [0.29, 0.717) is 0 Å². The molecule has 0 spiro atoms. The smallest absolute Gasteiger partial charge is 0.338 e. The number of benzene rings is 2. The Labute approximate surface area is 105 Å². The lowest BCUT2D eigenvalue weighted by molar-refractivity contribution is 0.0690. The Balaban J connectivity index is 2.60. The average molecular weight is 268 g/mol. The van der Waals surface area contributed by atoms with Gasteiger partial charge in [0.05, 0.1) is 5.56 Å². The molecule has 0 saturated heterocycles. The predicted molar refractivity (Wildman–Crippen MR) is 60.4 cm³/mol. The van der Waals surface area contributed by atoms with Crippen LogP contribution in [-0.4, -0.2) is 16.2 Å². The van der Waals surface area contributed by atoms with Crippen molar-refractivity contribution in [2.24, 2.45) is 0 Å². The van der Waals surface area contributed by atoms with E-state index >= 15 is 0 Å². The summed E-state index contributed by atoms with van der Waals surface area (Å²) in [6.45, 7) is 0. The van der Waals surface area contributed by atoms with Crippen LogP contribution in [0.15, 0.2) is 30.3 Å². The lowest BCUT2D eigenvalue weighted by atomic mass is 10.0. The van der Waals surface area contributed by atoms with Crippen LogP contribution >= 0.6 is 0 Å². The SMILES string of the molecule is O=C(O)c1ccc(-c2ccc(O)c(F)c2)c(F)c1F. The first kappa shape index (κ1) is 12.9. The first-order valence-electron chi connectivity index (χ1n) is 5.12. The summed E-state index contributed by atoms with van der Waals surface area (Å²) in [7, 11) is 0. The van der Waals surface area contributed by atoms with Crippen molar-refractivity contribution in [1.82, 2.24) is 0 Å². The van der Waals surface area contributed by atoms with Crippen molar-refractivity contribution >= 4 is 5.97 Å². The van der Waals surface area contributed by atoms with Gasteiger partial charge >= 0.3 is 5.97 Å². The van der Waals surface area contributed by atoms with Crippen LogP contribution in [-0.2, 0) is 0 Å². The highest BCUT2D eigenvalue weighted by Gasteiger charge is 2.19. The fourth-order valence-electron chi connectivity index (χ4n) is 1.61. The van der Waals surface area contributed by atoms with E-state index in [1.165, 1.54) is 6.07 Å². The third kappa shape index (κ3) is 2.24. The van der Waals surface area contributed by atoms with Gasteiger partial charge in [-0.2, -0.15) is 0 Å². The zero-order valence-electron chi connectivity index (χ0n) is 9.32. The molecule has 2 aromatic rings. The molecule has 0 radical (unpaired) electrons. The molecule has 6 heteroatoms. The van der Waals surface area contributed by atoms with Gasteiger partial charge in [-0.3, -0.25) is 0 Å². The molecule has 0 fully saturated rings. The summed E-state index contributed by atoms with van der Waals surface area (Å²) in [6.07, 6.45) is 0. The molecule has 0 bridgehead atoms. The Bertz CT molecular complexity index is 668. The van der Waals surface area contributed by atoms with Crippen molar-refractivity contribution in [2.75, 3.05) is 0 Å². The molecular weight excluding hydrogens is 261 g/mol. The molecule has 0 atom stereocenters. The van der Waals surface area contributed by atoms with Gasteiger partial charge in [-0.05, 0) is 23.8 Å². The second kappa shape index (κ2) is 4.64. The number of hydrogen-bond donors (Lipinski definition) is 2. The van der Waals surface area contributed by atoms with Crippen LogP contribution in [0.5, 0.6) is 5.75 Å². The Morgan fingerprint density at radius 3 is 2.26 bits per heavy atom. The molecule has 0 aliphatic rings. The second-order valence-electron chi connectivity index (χ2n) is 3.76. The van der Waals surface area contributed by atoms with E-state index in [0.717, 1.165) is 24.3 Å². The lowest BCUT2D eigenvalue weighted by Crippen LogP contribution is -2.03. The summed E-state index contributed by atoms with van der Waals surface area (Å²) in [5, 5.41) is 17.6. The summed E-state index contributed by atoms with van der Waals surface area (Å²) in [5.41, 5.74) is -1.11. The molecule has 2 rings (SSSR count). The van der Waals surface area contributed by atoms with Crippen LogP contribution in [0.3, 0.4) is 0 Å². The highest BCUT2D eigenvalue weighted by atomic mass is 19.2. The molecular formula is C13H7F3O3. The molecule has 0 heterocycles. The number of carboxylic acid groups (broad SMARTS) is 1. The number of hydrogen-bond acceptors (Lipinski definition) is 2. The predicted octanol–water partition coefficient (Wildman–Crippen LogP) is 3.17. The van der Waals surface area contributed by atoms with E-state index in [4.69, 9.17) is 10.2 Å². The maximum Gasteiger partial charge on any atom is 0.338 e. The quantitative estimate of drug-likeness (QED) is 0.879. The molecule has 0 aliphatic heterocycles. The zero-order valence-corrected chi connectivity index (χ0v) is 9.32. The maximum absolute atomic E-state index is 13.7. The van der Waals surface area contributed by atoms with E-state index in [9.17, 15) is 18.0 Å². The van der Waals surface area contributed by atoms with Gasteiger partial charge in [0.15, 0.2) is 23.2 Å². The second-order valence-corrected chi connectivity index (χ2v) is 3.76. The van der Waals surface area contributed by atoms with Gasteiger partial charge in [0.2, 0.25) is 0 Å². The Kier molecular flexibility index (Phi) is 3.16. The van der Waals surface area contributed by atoms with Gasteiger partial charge in [-0.15, -0.1) is 0 Å². The van der Waals surface area contributed by atoms with Crippen molar-refractivity contribution in [1.29, 1.82) is 0 Å². The topological polar surface area (TPSA) is 57.5 Å². The third-order valence-corrected chi connectivity index (χ3v) is 2.57. The van der Waals surface area contributed by atoms with Gasteiger partial charge in [0, 0.05) is 5.56 Å². The van der Waals surface area contributed by atoms with Crippen molar-refractivity contribution in [3.05, 3.63) is 53.3 Å². The molecule has 0 amide bonds. The molecule has 2 N–H and O–H groups in total. The Morgan fingerprint density at radius 2 is 1.68 bits per heavy atom. The van der Waals surface area contributed by atoms with Crippen molar-refractivity contribution in [3.63, 3.8) is 0 Å². The fourth-order valence-corrected chi connectivity index (χ4v) is 1.61. The van der Waals surface area contributed by atoms with Gasteiger partial charge in [-0.25, -0.2) is 18.0 Å². The number of aromatic carboxylic acids is 1. The Morgan fingerprint density at radius 1 is 1.00 bits per heavy atom. The normalized spacial score (nSPS) is 10.5. The minimum absolute atomic E-state index is 0.0105. The number of phenolic OH excluding ortho intramolecular Hbond substituents is 1. The van der Waals surface area contributed by atoms with Gasteiger partial charge < -0.3 is 10.2 Å². The number of carbonyl (C=O) groups is 1. The molecule has 0 aliphatic carbocycles. The van der Waals surface area contributed by atoms with Crippen LogP contribution in [0, 0.1) is 17.5 Å². The van der Waals surface area contributed by atoms with Crippen molar-refractivity contribution < 1.29 is 28.2 Å². The Hall–Kier alpha value is -2.50. The van der Waals surface area contributed by atoms with Gasteiger partial charge in [0.1, 0.15) is 0 Å². The summed E-state index contributed by atoms with van der Waals surface area (Å²) in [5.74, 6) is -6.10. The first-order chi connectivity index (χ1) is 8.91. The molecule has 3 nitrogen and oxygen atoms in total. The van der Waals surface area contributed by atoms with Crippen molar-refractivity contribution in [2.45, 2.75) is 0 Å². The molecule has 0 unspecified atom stereocenters. The summed E-state index contributed by atoms with van der Waals surface area (Å²) in [4.78, 5) is 10.6. The zero-order chi connectivity index (χ0) is 14.2. The number of phenols is 1. The van der Waals surface area contributed by atoms with Gasteiger partial charge in [0.25, 0.3) is 0 Å². The maximum atomic E-state index is 13.7. The van der Waals surface area contributed by atoms with E-state index in [2.05, 4.69) is 0 Å². The lowest BCUT2D eigenvalue weighted by Gasteiger charge is -2.07. The molecule has 0 saturated carbocycles.